The van der Waals surface area contributed by atoms with Crippen molar-refractivity contribution in [2.24, 2.45) is 0 Å². The Morgan fingerprint density at radius 2 is 2.25 bits per heavy atom. The van der Waals surface area contributed by atoms with Crippen molar-refractivity contribution < 1.29 is 4.79 Å². The fourth-order valence-corrected chi connectivity index (χ4v) is 2.07. The highest BCUT2D eigenvalue weighted by molar-refractivity contribution is 6.32. The summed E-state index contributed by atoms with van der Waals surface area (Å²) < 4.78 is 1.83. The van der Waals surface area contributed by atoms with Crippen LogP contribution in [0.4, 0.5) is 0 Å². The molecule has 7 heteroatoms. The minimum atomic E-state index is -0.426. The highest BCUT2D eigenvalue weighted by Gasteiger charge is 2.17. The molecular formula is C13H15ClN4O2. The molecule has 0 atom stereocenters. The van der Waals surface area contributed by atoms with E-state index in [-0.39, 0.29) is 5.56 Å². The summed E-state index contributed by atoms with van der Waals surface area (Å²) >= 11 is 6.05. The standard InChI is InChI=1S/C13H15ClN4O2/c1-8-10(13(20)17-9(2)11(8)14)12(19)16-4-6-18-5-3-15-7-18/h3,5,7H,4,6H2,1-2H3,(H,16,19)(H,17,20). The lowest BCUT2D eigenvalue weighted by Crippen LogP contribution is -2.33. The van der Waals surface area contributed by atoms with Gasteiger partial charge < -0.3 is 14.9 Å². The van der Waals surface area contributed by atoms with E-state index in [1.807, 2.05) is 4.57 Å². The molecule has 0 spiro atoms. The van der Waals surface area contributed by atoms with E-state index in [1.54, 1.807) is 32.6 Å². The van der Waals surface area contributed by atoms with E-state index < -0.39 is 11.5 Å². The summed E-state index contributed by atoms with van der Waals surface area (Å²) in [6, 6.07) is 0. The molecule has 20 heavy (non-hydrogen) atoms. The van der Waals surface area contributed by atoms with Crippen LogP contribution in [-0.4, -0.2) is 27.0 Å². The second-order valence-electron chi connectivity index (χ2n) is 4.45. The first kappa shape index (κ1) is 14.3. The van der Waals surface area contributed by atoms with Crippen molar-refractivity contribution in [2.45, 2.75) is 20.4 Å². The maximum absolute atomic E-state index is 12.1. The second kappa shape index (κ2) is 5.92. The number of aryl methyl sites for hydroxylation is 1. The minimum Gasteiger partial charge on any atom is -0.350 e. The van der Waals surface area contributed by atoms with Gasteiger partial charge in [-0.2, -0.15) is 0 Å². The van der Waals surface area contributed by atoms with E-state index in [0.29, 0.717) is 29.4 Å². The van der Waals surface area contributed by atoms with Crippen molar-refractivity contribution in [1.29, 1.82) is 0 Å². The molecule has 0 saturated heterocycles. The molecule has 2 aromatic rings. The maximum Gasteiger partial charge on any atom is 0.261 e. The number of pyridine rings is 1. The monoisotopic (exact) mass is 294 g/mol. The Labute approximate surface area is 120 Å². The molecule has 6 nitrogen and oxygen atoms in total. The lowest BCUT2D eigenvalue weighted by Gasteiger charge is -2.10. The summed E-state index contributed by atoms with van der Waals surface area (Å²) in [7, 11) is 0. The average molecular weight is 295 g/mol. The Morgan fingerprint density at radius 1 is 1.50 bits per heavy atom. The summed E-state index contributed by atoms with van der Waals surface area (Å²) in [4.78, 5) is 30.4. The third-order valence-electron chi connectivity index (χ3n) is 3.00. The number of carbonyl (C=O) groups excluding carboxylic acids is 1. The Hall–Kier alpha value is -2.08. The van der Waals surface area contributed by atoms with Crippen molar-refractivity contribution in [3.63, 3.8) is 0 Å². The number of hydrogen-bond donors (Lipinski definition) is 2. The molecular weight excluding hydrogens is 280 g/mol. The van der Waals surface area contributed by atoms with Crippen LogP contribution in [0.2, 0.25) is 5.02 Å². The van der Waals surface area contributed by atoms with Gasteiger partial charge in [-0.25, -0.2) is 4.98 Å². The van der Waals surface area contributed by atoms with E-state index in [1.165, 1.54) is 0 Å². The maximum atomic E-state index is 12.1. The predicted octanol–water partition coefficient (Wildman–Crippen LogP) is 1.27. The van der Waals surface area contributed by atoms with Crippen LogP contribution >= 0.6 is 11.6 Å². The number of nitrogens with zero attached hydrogens (tertiary/aromatic N) is 2. The lowest BCUT2D eigenvalue weighted by atomic mass is 10.1. The molecule has 2 heterocycles. The van der Waals surface area contributed by atoms with Gasteiger partial charge in [0.15, 0.2) is 0 Å². The van der Waals surface area contributed by atoms with Crippen LogP contribution in [0.1, 0.15) is 21.6 Å². The van der Waals surface area contributed by atoms with Crippen LogP contribution in [0.15, 0.2) is 23.5 Å². The quantitative estimate of drug-likeness (QED) is 0.891. The molecule has 1 amide bonds. The fraction of sp³-hybridized carbons (Fsp3) is 0.308. The first-order valence-corrected chi connectivity index (χ1v) is 6.51. The number of amides is 1. The van der Waals surface area contributed by atoms with Crippen molar-refractivity contribution >= 4 is 17.5 Å². The smallest absolute Gasteiger partial charge is 0.261 e. The number of nitrogens with one attached hydrogen (secondary N) is 2. The predicted molar refractivity (Wildman–Crippen MR) is 76.1 cm³/mol. The van der Waals surface area contributed by atoms with Crippen LogP contribution in [0.25, 0.3) is 0 Å². The lowest BCUT2D eigenvalue weighted by molar-refractivity contribution is 0.0950. The highest BCUT2D eigenvalue weighted by atomic mass is 35.5. The van der Waals surface area contributed by atoms with Crippen LogP contribution < -0.4 is 10.9 Å². The van der Waals surface area contributed by atoms with Gasteiger partial charge in [0, 0.05) is 31.2 Å². The van der Waals surface area contributed by atoms with Gasteiger partial charge in [-0.15, -0.1) is 0 Å². The van der Waals surface area contributed by atoms with E-state index in [2.05, 4.69) is 15.3 Å². The largest absolute Gasteiger partial charge is 0.350 e. The van der Waals surface area contributed by atoms with Gasteiger partial charge in [-0.1, -0.05) is 11.6 Å². The summed E-state index contributed by atoms with van der Waals surface area (Å²) in [5.74, 6) is -0.425. The minimum absolute atomic E-state index is 0.0613. The van der Waals surface area contributed by atoms with Crippen molar-refractivity contribution in [3.05, 3.63) is 50.9 Å². The number of aromatic nitrogens is 3. The molecule has 0 aliphatic rings. The molecule has 2 N–H and O–H groups in total. The fourth-order valence-electron chi connectivity index (χ4n) is 1.93. The normalized spacial score (nSPS) is 10.6. The van der Waals surface area contributed by atoms with Gasteiger partial charge in [0.05, 0.1) is 11.3 Å². The van der Waals surface area contributed by atoms with Gasteiger partial charge >= 0.3 is 0 Å². The summed E-state index contributed by atoms with van der Waals surface area (Å²) in [6.07, 6.45) is 5.12. The summed E-state index contributed by atoms with van der Waals surface area (Å²) in [5.41, 5.74) is 0.688. The molecule has 0 radical (unpaired) electrons. The van der Waals surface area contributed by atoms with Gasteiger partial charge in [0.1, 0.15) is 5.56 Å². The molecule has 106 valence electrons. The van der Waals surface area contributed by atoms with Crippen LogP contribution in [0.3, 0.4) is 0 Å². The number of halogens is 1. The van der Waals surface area contributed by atoms with E-state index in [0.717, 1.165) is 0 Å². The Kier molecular flexibility index (Phi) is 4.24. The topological polar surface area (TPSA) is 79.8 Å². The van der Waals surface area contributed by atoms with Crippen molar-refractivity contribution in [3.8, 4) is 0 Å². The molecule has 2 rings (SSSR count). The van der Waals surface area contributed by atoms with E-state index >= 15 is 0 Å². The first-order chi connectivity index (χ1) is 9.50. The van der Waals surface area contributed by atoms with Crippen molar-refractivity contribution in [1.82, 2.24) is 19.9 Å². The van der Waals surface area contributed by atoms with Crippen molar-refractivity contribution in [2.75, 3.05) is 6.54 Å². The SMILES string of the molecule is Cc1[nH]c(=O)c(C(=O)NCCn2ccnc2)c(C)c1Cl. The number of hydrogen-bond acceptors (Lipinski definition) is 3. The van der Waals surface area contributed by atoms with Gasteiger partial charge in [-0.3, -0.25) is 9.59 Å². The Morgan fingerprint density at radius 3 is 2.90 bits per heavy atom. The van der Waals surface area contributed by atoms with Crippen LogP contribution in [-0.2, 0) is 6.54 Å². The third kappa shape index (κ3) is 2.91. The summed E-state index contributed by atoms with van der Waals surface area (Å²) in [5, 5.41) is 3.11. The zero-order valence-electron chi connectivity index (χ0n) is 11.2. The molecule has 0 aromatic carbocycles. The highest BCUT2D eigenvalue weighted by Crippen LogP contribution is 2.18. The second-order valence-corrected chi connectivity index (χ2v) is 4.83. The van der Waals surface area contributed by atoms with E-state index in [9.17, 15) is 9.59 Å². The average Bonchev–Trinajstić information content (AvgIpc) is 2.89. The van der Waals surface area contributed by atoms with Gasteiger partial charge in [-0.05, 0) is 19.4 Å². The molecule has 2 aromatic heterocycles. The Balaban J connectivity index is 2.10. The zero-order valence-corrected chi connectivity index (χ0v) is 12.0. The molecule has 0 fully saturated rings. The molecule has 0 unspecified atom stereocenters. The number of aromatic amines is 1. The first-order valence-electron chi connectivity index (χ1n) is 6.13. The van der Waals surface area contributed by atoms with Crippen LogP contribution in [0, 0.1) is 13.8 Å². The van der Waals surface area contributed by atoms with Gasteiger partial charge in [0.2, 0.25) is 0 Å². The van der Waals surface area contributed by atoms with E-state index in [4.69, 9.17) is 11.6 Å². The number of H-pyrrole nitrogens is 1. The Bertz CT molecular complexity index is 676. The molecule has 0 aliphatic heterocycles. The zero-order chi connectivity index (χ0) is 14.7. The third-order valence-corrected chi connectivity index (χ3v) is 3.57. The number of carbonyl (C=O) groups is 1. The summed E-state index contributed by atoms with van der Waals surface area (Å²) in [6.45, 7) is 4.34. The number of imidazole rings is 1. The molecule has 0 bridgehead atoms. The van der Waals surface area contributed by atoms with Gasteiger partial charge in [0.25, 0.3) is 11.5 Å². The van der Waals surface area contributed by atoms with Crippen LogP contribution in [0.5, 0.6) is 0 Å². The molecule has 0 saturated carbocycles. The molecule has 0 aliphatic carbocycles. The number of rotatable bonds is 4.